The molecule has 12 rings (SSSR count). The summed E-state index contributed by atoms with van der Waals surface area (Å²) in [6, 6.07) is 67.2. The average Bonchev–Trinajstić information content (AvgIpc) is 4.21. The number of benzene rings is 8. The van der Waals surface area contributed by atoms with Crippen LogP contribution in [0.2, 0.25) is 0 Å². The van der Waals surface area contributed by atoms with Crippen molar-refractivity contribution in [2.45, 2.75) is 27.7 Å². The van der Waals surface area contributed by atoms with Crippen molar-refractivity contribution in [2.24, 2.45) is 0 Å². The Hall–Kier alpha value is -7.20. The van der Waals surface area contributed by atoms with Gasteiger partial charge in [0.15, 0.2) is 0 Å². The zero-order chi connectivity index (χ0) is 45.9. The zero-order valence-electron chi connectivity index (χ0n) is 38.1. The first-order valence-corrected chi connectivity index (χ1v) is 26.3. The van der Waals surface area contributed by atoms with Crippen LogP contribution in [0.15, 0.2) is 204 Å². The van der Waals surface area contributed by atoms with Gasteiger partial charge in [-0.1, -0.05) is 97.1 Å². The highest BCUT2D eigenvalue weighted by atomic mass is 32.1. The number of para-hydroxylation sites is 4. The van der Waals surface area contributed by atoms with Gasteiger partial charge in [0.05, 0.1) is 45.5 Å². The predicted octanol–water partition coefficient (Wildman–Crippen LogP) is 19.9. The van der Waals surface area contributed by atoms with E-state index < -0.39 is 0 Å². The minimum Gasteiger partial charge on any atom is -0.309 e. The van der Waals surface area contributed by atoms with Gasteiger partial charge in [-0.15, -0.1) is 45.3 Å². The Morgan fingerprint density at radius 3 is 0.662 bits per heavy atom. The molecule has 330 valence electrons. The molecule has 0 radical (unpaired) electrons. The van der Waals surface area contributed by atoms with Gasteiger partial charge in [-0.25, -0.2) is 0 Å². The van der Waals surface area contributed by atoms with Crippen LogP contribution < -0.4 is 19.6 Å². The van der Waals surface area contributed by atoms with Gasteiger partial charge in [0.2, 0.25) is 0 Å². The Balaban J connectivity index is 1.29. The van der Waals surface area contributed by atoms with E-state index in [1.807, 2.05) is 0 Å². The summed E-state index contributed by atoms with van der Waals surface area (Å²) < 4.78 is 0. The summed E-state index contributed by atoms with van der Waals surface area (Å²) in [5.74, 6) is 0. The number of aryl methyl sites for hydroxylation is 4. The van der Waals surface area contributed by atoms with Gasteiger partial charge in [0.1, 0.15) is 0 Å². The summed E-state index contributed by atoms with van der Waals surface area (Å²) in [5, 5.41) is 16.1. The van der Waals surface area contributed by atoms with Gasteiger partial charge in [0, 0.05) is 74.6 Å². The van der Waals surface area contributed by atoms with Crippen LogP contribution in [-0.4, -0.2) is 0 Å². The van der Waals surface area contributed by atoms with E-state index in [1.165, 1.54) is 74.6 Å². The maximum atomic E-state index is 2.49. The number of nitrogens with zero attached hydrogens (tertiary/aromatic N) is 4. The zero-order valence-corrected chi connectivity index (χ0v) is 41.3. The van der Waals surface area contributed by atoms with Gasteiger partial charge < -0.3 is 19.6 Å². The third kappa shape index (κ3) is 7.06. The third-order valence-electron chi connectivity index (χ3n) is 13.1. The van der Waals surface area contributed by atoms with Gasteiger partial charge in [-0.2, -0.15) is 0 Å². The molecule has 0 saturated heterocycles. The Kier molecular flexibility index (Phi) is 10.8. The number of anilines is 12. The molecular formula is C60H46N4S4. The molecule has 4 nitrogen and oxygen atoms in total. The van der Waals surface area contributed by atoms with Crippen molar-refractivity contribution in [3.05, 3.63) is 223 Å². The SMILES string of the molecule is Cc1sccc1N(c1ccccc1)c1cc(N(c2ccccc2)c2ccsc2C)c2ccc3c(N(c4ccccc4)c4ccsc4C)cc(N(c4ccccc4)c4ccsc4C)c4ccc1c2c43. The average molecular weight is 951 g/mol. The molecule has 8 aromatic carbocycles. The Bertz CT molecular complexity index is 3220. The van der Waals surface area contributed by atoms with Crippen LogP contribution >= 0.6 is 45.3 Å². The lowest BCUT2D eigenvalue weighted by molar-refractivity contribution is 1.26. The quantitative estimate of drug-likeness (QED) is 0.113. The molecule has 0 aliphatic carbocycles. The minimum atomic E-state index is 1.11. The standard InChI is InChI=1S/C60H46N4S4/c1-39-51(29-33-65-39)61(43-17-9-5-10-18-43)55-37-56(62(44-19-11-6-12-20-44)52-30-34-66-40(52)2)48-27-28-50-58(64(46-23-15-8-16-24-46)54-32-36-68-42(54)4)38-57(49-26-25-47(55)59(48)60(49)50)63(45-21-13-7-14-22-45)53-31-35-67-41(53)3/h5-38H,1-4H3. The monoisotopic (exact) mass is 950 g/mol. The van der Waals surface area contributed by atoms with E-state index >= 15 is 0 Å². The third-order valence-corrected chi connectivity index (χ3v) is 16.5. The summed E-state index contributed by atoms with van der Waals surface area (Å²) in [6.07, 6.45) is 0. The van der Waals surface area contributed by atoms with E-state index in [0.29, 0.717) is 0 Å². The summed E-state index contributed by atoms with van der Waals surface area (Å²) in [6.45, 7) is 8.97. The smallest absolute Gasteiger partial charge is 0.0598 e. The number of hydrogen-bond donors (Lipinski definition) is 0. The Labute approximate surface area is 413 Å². The molecule has 0 spiro atoms. The number of hydrogen-bond acceptors (Lipinski definition) is 8. The molecule has 4 heterocycles. The molecule has 0 unspecified atom stereocenters. The first kappa shape index (κ1) is 42.2. The van der Waals surface area contributed by atoms with Crippen molar-refractivity contribution in [1.82, 2.24) is 0 Å². The molecule has 0 bridgehead atoms. The van der Waals surface area contributed by atoms with Gasteiger partial charge >= 0.3 is 0 Å². The van der Waals surface area contributed by atoms with Crippen LogP contribution in [-0.2, 0) is 0 Å². The Morgan fingerprint density at radius 2 is 0.471 bits per heavy atom. The van der Waals surface area contributed by atoms with Crippen molar-refractivity contribution in [1.29, 1.82) is 0 Å². The van der Waals surface area contributed by atoms with E-state index in [4.69, 9.17) is 0 Å². The van der Waals surface area contributed by atoms with Crippen LogP contribution in [0.25, 0.3) is 32.3 Å². The first-order valence-electron chi connectivity index (χ1n) is 22.8. The maximum Gasteiger partial charge on any atom is 0.0598 e. The molecular weight excluding hydrogens is 905 g/mol. The van der Waals surface area contributed by atoms with Crippen molar-refractivity contribution in [3.8, 4) is 0 Å². The predicted molar refractivity (Wildman–Crippen MR) is 299 cm³/mol. The van der Waals surface area contributed by atoms with E-state index in [-0.39, 0.29) is 0 Å². The second-order valence-corrected chi connectivity index (χ2v) is 21.5. The highest BCUT2D eigenvalue weighted by molar-refractivity contribution is 7.11. The summed E-state index contributed by atoms with van der Waals surface area (Å²) >= 11 is 7.15. The number of rotatable bonds is 12. The van der Waals surface area contributed by atoms with Crippen molar-refractivity contribution < 1.29 is 0 Å². The maximum absolute atomic E-state index is 2.49. The molecule has 0 aliphatic heterocycles. The van der Waals surface area contributed by atoms with Crippen molar-refractivity contribution in [3.63, 3.8) is 0 Å². The molecule has 0 amide bonds. The highest BCUT2D eigenvalue weighted by Gasteiger charge is 2.30. The van der Waals surface area contributed by atoms with Crippen LogP contribution in [0.3, 0.4) is 0 Å². The van der Waals surface area contributed by atoms with E-state index in [0.717, 1.165) is 45.5 Å². The summed E-state index contributed by atoms with van der Waals surface area (Å²) in [4.78, 5) is 15.0. The van der Waals surface area contributed by atoms with Crippen LogP contribution in [0.1, 0.15) is 19.5 Å². The molecule has 0 aliphatic rings. The molecule has 4 aromatic heterocycles. The lowest BCUT2D eigenvalue weighted by Crippen LogP contribution is -2.16. The number of thiophene rings is 4. The molecule has 12 aromatic rings. The van der Waals surface area contributed by atoms with Gasteiger partial charge in [-0.05, 0) is 134 Å². The molecule has 0 saturated carbocycles. The second-order valence-electron chi connectivity index (χ2n) is 17.0. The highest BCUT2D eigenvalue weighted by Crippen LogP contribution is 2.56. The fourth-order valence-corrected chi connectivity index (χ4v) is 12.8. The molecule has 8 heteroatoms. The molecule has 0 fully saturated rings. The van der Waals surface area contributed by atoms with Crippen LogP contribution in [0.4, 0.5) is 68.2 Å². The topological polar surface area (TPSA) is 13.0 Å². The fourth-order valence-electron chi connectivity index (χ4n) is 10.0. The van der Waals surface area contributed by atoms with E-state index in [9.17, 15) is 0 Å². The first-order chi connectivity index (χ1) is 33.4. The fraction of sp³-hybridized carbons (Fsp3) is 0.0667. The van der Waals surface area contributed by atoms with E-state index in [2.05, 4.69) is 251 Å². The van der Waals surface area contributed by atoms with Crippen LogP contribution in [0, 0.1) is 27.7 Å². The van der Waals surface area contributed by atoms with Crippen molar-refractivity contribution >= 4 is 146 Å². The lowest BCUT2D eigenvalue weighted by Gasteiger charge is -2.34. The van der Waals surface area contributed by atoms with Crippen LogP contribution in [0.5, 0.6) is 0 Å². The van der Waals surface area contributed by atoms with Gasteiger partial charge in [-0.3, -0.25) is 0 Å². The molecule has 68 heavy (non-hydrogen) atoms. The minimum absolute atomic E-state index is 1.11. The Morgan fingerprint density at radius 1 is 0.250 bits per heavy atom. The van der Waals surface area contributed by atoms with Gasteiger partial charge in [0.25, 0.3) is 0 Å². The second kappa shape index (κ2) is 17.5. The largest absolute Gasteiger partial charge is 0.309 e. The summed E-state index contributed by atoms with van der Waals surface area (Å²) in [5.41, 5.74) is 13.6. The van der Waals surface area contributed by atoms with Crippen molar-refractivity contribution in [2.75, 3.05) is 19.6 Å². The van der Waals surface area contributed by atoms with E-state index in [1.54, 1.807) is 45.3 Å². The normalized spacial score (nSPS) is 11.5. The lowest BCUT2D eigenvalue weighted by atomic mass is 9.89. The molecule has 0 N–H and O–H groups in total. The molecule has 0 atom stereocenters. The summed E-state index contributed by atoms with van der Waals surface area (Å²) in [7, 11) is 0.